The van der Waals surface area contributed by atoms with Crippen LogP contribution in [-0.4, -0.2) is 28.0 Å². The molecule has 11 heavy (non-hydrogen) atoms. The predicted molar refractivity (Wildman–Crippen MR) is 48.9 cm³/mol. The van der Waals surface area contributed by atoms with Crippen LogP contribution < -0.4 is 0 Å². The first-order valence-electron chi connectivity index (χ1n) is 3.56. The van der Waals surface area contributed by atoms with Gasteiger partial charge in [0, 0.05) is 0 Å². The lowest BCUT2D eigenvalue weighted by Crippen LogP contribution is -2.32. The molecule has 1 aliphatic heterocycles. The van der Waals surface area contributed by atoms with Crippen LogP contribution in [0.2, 0.25) is 0 Å². The fraction of sp³-hybridized carbons (Fsp3) is 0.857. The number of hydrogen-bond acceptors (Lipinski definition) is 3. The minimum atomic E-state index is -0.823. The van der Waals surface area contributed by atoms with Crippen LogP contribution in [0, 0.1) is 0 Å². The number of hydrogen-bond donors (Lipinski definition) is 0. The first-order chi connectivity index (χ1) is 5.19. The molecule has 0 N–H and O–H groups in total. The molecule has 64 valence electrons. The van der Waals surface area contributed by atoms with Crippen LogP contribution in [0.1, 0.15) is 13.3 Å². The van der Waals surface area contributed by atoms with Crippen molar-refractivity contribution in [2.24, 2.45) is 0 Å². The number of thioether (sulfide) groups is 2. The number of Topliss-reactive ketones (excluding diaryl/α,β-unsaturated/α-hetero) is 1. The average Bonchev–Trinajstić information content (AvgIpc) is 2.04. The highest BCUT2D eigenvalue weighted by Crippen LogP contribution is 2.42. The Labute approximate surface area is 74.5 Å². The summed E-state index contributed by atoms with van der Waals surface area (Å²) < 4.78 is 11.5. The van der Waals surface area contributed by atoms with Crippen molar-refractivity contribution in [3.05, 3.63) is 0 Å². The van der Waals surface area contributed by atoms with Crippen LogP contribution in [0.4, 0.5) is 4.39 Å². The SMILES string of the molecule is CC1(C(=O)CF)SCCCS1. The Bertz CT molecular complexity index is 155. The quantitative estimate of drug-likeness (QED) is 0.670. The van der Waals surface area contributed by atoms with Crippen LogP contribution in [0.5, 0.6) is 0 Å². The van der Waals surface area contributed by atoms with Gasteiger partial charge >= 0.3 is 0 Å². The summed E-state index contributed by atoms with van der Waals surface area (Å²) in [7, 11) is 0. The van der Waals surface area contributed by atoms with E-state index in [1.54, 1.807) is 23.5 Å². The van der Waals surface area contributed by atoms with E-state index in [-0.39, 0.29) is 5.78 Å². The molecule has 0 saturated carbocycles. The van der Waals surface area contributed by atoms with Gasteiger partial charge < -0.3 is 0 Å². The average molecular weight is 194 g/mol. The molecule has 1 saturated heterocycles. The van der Waals surface area contributed by atoms with Gasteiger partial charge in [-0.1, -0.05) is 0 Å². The second-order valence-electron chi connectivity index (χ2n) is 2.55. The van der Waals surface area contributed by atoms with Crippen molar-refractivity contribution < 1.29 is 9.18 Å². The number of carbonyl (C=O) groups excluding carboxylic acids is 1. The summed E-state index contributed by atoms with van der Waals surface area (Å²) in [5.41, 5.74) is 0. The lowest BCUT2D eigenvalue weighted by atomic mass is 10.3. The van der Waals surface area contributed by atoms with Crippen molar-refractivity contribution in [2.75, 3.05) is 18.2 Å². The predicted octanol–water partition coefficient (Wildman–Crippen LogP) is 2.11. The van der Waals surface area contributed by atoms with E-state index in [9.17, 15) is 9.18 Å². The standard InChI is InChI=1S/C7H11FOS2/c1-7(6(9)5-8)10-3-2-4-11-7/h2-5H2,1H3. The zero-order valence-electron chi connectivity index (χ0n) is 6.43. The van der Waals surface area contributed by atoms with E-state index < -0.39 is 10.8 Å². The van der Waals surface area contributed by atoms with Crippen LogP contribution in [0.15, 0.2) is 0 Å². The molecule has 1 fully saturated rings. The van der Waals surface area contributed by atoms with E-state index >= 15 is 0 Å². The van der Waals surface area contributed by atoms with Gasteiger partial charge in [-0.05, 0) is 24.9 Å². The molecular formula is C7H11FOS2. The summed E-state index contributed by atoms with van der Waals surface area (Å²) in [6, 6.07) is 0. The number of carbonyl (C=O) groups is 1. The minimum absolute atomic E-state index is 0.271. The molecule has 0 unspecified atom stereocenters. The zero-order chi connectivity index (χ0) is 8.32. The summed E-state index contributed by atoms with van der Waals surface area (Å²) in [5, 5.41) is 0. The third-order valence-corrected chi connectivity index (χ3v) is 4.92. The Hall–Kier alpha value is 0.300. The van der Waals surface area contributed by atoms with Crippen LogP contribution >= 0.6 is 23.5 Å². The van der Waals surface area contributed by atoms with Crippen molar-refractivity contribution in [1.82, 2.24) is 0 Å². The highest BCUT2D eigenvalue weighted by atomic mass is 32.2. The fourth-order valence-corrected chi connectivity index (χ4v) is 3.72. The summed E-state index contributed by atoms with van der Waals surface area (Å²) in [6.45, 7) is 1.000. The molecule has 4 heteroatoms. The Kier molecular flexibility index (Phi) is 3.25. The van der Waals surface area contributed by atoms with Crippen molar-refractivity contribution >= 4 is 29.3 Å². The summed E-state index contributed by atoms with van der Waals surface area (Å²) >= 11 is 3.14. The van der Waals surface area contributed by atoms with Gasteiger partial charge in [0.05, 0.1) is 0 Å². The zero-order valence-corrected chi connectivity index (χ0v) is 8.06. The first kappa shape index (κ1) is 9.39. The van der Waals surface area contributed by atoms with Crippen molar-refractivity contribution in [3.63, 3.8) is 0 Å². The van der Waals surface area contributed by atoms with Gasteiger partial charge in [0.25, 0.3) is 0 Å². The first-order valence-corrected chi connectivity index (χ1v) is 5.53. The fourth-order valence-electron chi connectivity index (χ4n) is 0.917. The third kappa shape index (κ3) is 2.12. The lowest BCUT2D eigenvalue weighted by Gasteiger charge is -2.29. The normalized spacial score (nSPS) is 23.1. The molecule has 0 radical (unpaired) electrons. The highest BCUT2D eigenvalue weighted by Gasteiger charge is 2.35. The van der Waals surface area contributed by atoms with Crippen molar-refractivity contribution in [2.45, 2.75) is 17.4 Å². The monoisotopic (exact) mass is 194 g/mol. The third-order valence-electron chi connectivity index (χ3n) is 1.67. The maximum atomic E-state index is 12.0. The maximum absolute atomic E-state index is 12.0. The molecule has 0 amide bonds. The van der Waals surface area contributed by atoms with Crippen LogP contribution in [0.3, 0.4) is 0 Å². The van der Waals surface area contributed by atoms with E-state index in [0.717, 1.165) is 17.9 Å². The van der Waals surface area contributed by atoms with Gasteiger partial charge in [-0.25, -0.2) is 4.39 Å². The number of ketones is 1. The molecule has 1 rings (SSSR count). The molecule has 1 aliphatic rings. The van der Waals surface area contributed by atoms with Crippen molar-refractivity contribution in [3.8, 4) is 0 Å². The molecule has 0 aromatic rings. The maximum Gasteiger partial charge on any atom is 0.189 e. The van der Waals surface area contributed by atoms with E-state index in [1.165, 1.54) is 0 Å². The summed E-state index contributed by atoms with van der Waals surface area (Å²) in [4.78, 5) is 11.1. The topological polar surface area (TPSA) is 17.1 Å². The van der Waals surface area contributed by atoms with Gasteiger partial charge in [-0.3, -0.25) is 4.79 Å². The van der Waals surface area contributed by atoms with E-state index in [1.807, 2.05) is 6.92 Å². The van der Waals surface area contributed by atoms with Gasteiger partial charge in [0.15, 0.2) is 12.5 Å². The number of alkyl halides is 1. The van der Waals surface area contributed by atoms with E-state index in [4.69, 9.17) is 0 Å². The van der Waals surface area contributed by atoms with Gasteiger partial charge in [0.1, 0.15) is 4.08 Å². The van der Waals surface area contributed by atoms with E-state index in [0.29, 0.717) is 0 Å². The smallest absolute Gasteiger partial charge is 0.189 e. The molecular weight excluding hydrogens is 183 g/mol. The summed E-state index contributed by atoms with van der Waals surface area (Å²) in [6.07, 6.45) is 1.13. The summed E-state index contributed by atoms with van der Waals surface area (Å²) in [5.74, 6) is 1.69. The Morgan fingerprint density at radius 1 is 1.55 bits per heavy atom. The Morgan fingerprint density at radius 2 is 2.09 bits per heavy atom. The van der Waals surface area contributed by atoms with Gasteiger partial charge in [-0.2, -0.15) is 0 Å². The molecule has 0 aromatic carbocycles. The molecule has 0 bridgehead atoms. The van der Waals surface area contributed by atoms with Crippen molar-refractivity contribution in [1.29, 1.82) is 0 Å². The highest BCUT2D eigenvalue weighted by molar-refractivity contribution is 8.19. The number of halogens is 1. The Morgan fingerprint density at radius 3 is 2.55 bits per heavy atom. The van der Waals surface area contributed by atoms with Crippen LogP contribution in [-0.2, 0) is 4.79 Å². The van der Waals surface area contributed by atoms with Crippen LogP contribution in [0.25, 0.3) is 0 Å². The number of rotatable bonds is 2. The molecule has 0 aromatic heterocycles. The molecule has 0 aliphatic carbocycles. The second-order valence-corrected chi connectivity index (χ2v) is 5.84. The largest absolute Gasteiger partial charge is 0.294 e. The van der Waals surface area contributed by atoms with Gasteiger partial charge in [-0.15, -0.1) is 23.5 Å². The molecule has 0 spiro atoms. The molecule has 1 heterocycles. The molecule has 0 atom stereocenters. The Balaban J connectivity index is 2.56. The molecule has 1 nitrogen and oxygen atoms in total. The van der Waals surface area contributed by atoms with E-state index in [2.05, 4.69) is 0 Å². The lowest BCUT2D eigenvalue weighted by molar-refractivity contribution is -0.119. The minimum Gasteiger partial charge on any atom is -0.294 e. The second kappa shape index (κ2) is 3.81. The van der Waals surface area contributed by atoms with Gasteiger partial charge in [0.2, 0.25) is 0 Å².